The number of hydrazone groups is 1. The zero-order valence-electron chi connectivity index (χ0n) is 15.6. The maximum Gasteiger partial charge on any atom is 0.250 e. The second-order valence-electron chi connectivity index (χ2n) is 7.28. The summed E-state index contributed by atoms with van der Waals surface area (Å²) in [5.41, 5.74) is 0.487. The first kappa shape index (κ1) is 22.4. The van der Waals surface area contributed by atoms with Crippen LogP contribution in [0.3, 0.4) is 0 Å². The van der Waals surface area contributed by atoms with E-state index in [9.17, 15) is 40.5 Å². The van der Waals surface area contributed by atoms with Crippen molar-refractivity contribution in [3.63, 3.8) is 0 Å². The van der Waals surface area contributed by atoms with Gasteiger partial charge in [-0.3, -0.25) is 4.79 Å². The number of aliphatic hydroxyl groups is 7. The molecule has 13 heteroatoms. The largest absolute Gasteiger partial charge is 0.394 e. The number of nitrogens with zero attached hydrogens (tertiary/aromatic N) is 2. The Kier molecular flexibility index (Phi) is 6.84. The van der Waals surface area contributed by atoms with Gasteiger partial charge in [-0.25, -0.2) is 5.01 Å². The SMILES string of the molecule is CC1=NN([C@@H]2O[C@H](CO)[C@@H](O[C@@H]3O[C@H](CO)[C@H](O)[C@H](O)[C@H]3O)[C@H](O)[C@H]2O)C(=O)C1. The summed E-state index contributed by atoms with van der Waals surface area (Å²) in [6.45, 7) is 0.238. The van der Waals surface area contributed by atoms with Gasteiger partial charge in [0.1, 0.15) is 48.8 Å². The van der Waals surface area contributed by atoms with Crippen molar-refractivity contribution in [1.29, 1.82) is 0 Å². The van der Waals surface area contributed by atoms with E-state index in [0.717, 1.165) is 5.01 Å². The summed E-state index contributed by atoms with van der Waals surface area (Å²) in [6.07, 6.45) is -15.3. The molecule has 2 fully saturated rings. The summed E-state index contributed by atoms with van der Waals surface area (Å²) >= 11 is 0. The first-order valence-electron chi connectivity index (χ1n) is 9.14. The lowest BCUT2D eigenvalue weighted by Crippen LogP contribution is -2.66. The van der Waals surface area contributed by atoms with Gasteiger partial charge in [-0.05, 0) is 6.92 Å². The average molecular weight is 422 g/mol. The summed E-state index contributed by atoms with van der Waals surface area (Å²) in [6, 6.07) is 0. The van der Waals surface area contributed by atoms with Crippen LogP contribution in [0.1, 0.15) is 13.3 Å². The van der Waals surface area contributed by atoms with E-state index in [0.29, 0.717) is 5.71 Å². The molecule has 166 valence electrons. The molecular weight excluding hydrogens is 396 g/mol. The number of aliphatic hydroxyl groups excluding tert-OH is 7. The molecule has 0 bridgehead atoms. The zero-order chi connectivity index (χ0) is 21.5. The van der Waals surface area contributed by atoms with Crippen molar-refractivity contribution in [2.45, 2.75) is 74.7 Å². The third-order valence-electron chi connectivity index (χ3n) is 5.16. The van der Waals surface area contributed by atoms with E-state index in [4.69, 9.17) is 14.2 Å². The molecule has 0 aromatic rings. The van der Waals surface area contributed by atoms with Gasteiger partial charge in [0.05, 0.1) is 19.6 Å². The van der Waals surface area contributed by atoms with Gasteiger partial charge in [0.15, 0.2) is 12.5 Å². The summed E-state index contributed by atoms with van der Waals surface area (Å²) in [4.78, 5) is 12.0. The molecule has 13 nitrogen and oxygen atoms in total. The molecule has 3 aliphatic heterocycles. The van der Waals surface area contributed by atoms with Crippen molar-refractivity contribution < 1.29 is 54.8 Å². The Balaban J connectivity index is 1.75. The zero-order valence-corrected chi connectivity index (χ0v) is 15.6. The molecule has 2 saturated heterocycles. The highest BCUT2D eigenvalue weighted by atomic mass is 16.7. The number of amides is 1. The van der Waals surface area contributed by atoms with Crippen LogP contribution in [0.25, 0.3) is 0 Å². The molecule has 0 aliphatic carbocycles. The maximum atomic E-state index is 12.0. The van der Waals surface area contributed by atoms with Crippen LogP contribution in [0, 0.1) is 0 Å². The van der Waals surface area contributed by atoms with Crippen LogP contribution in [0.15, 0.2) is 5.10 Å². The molecule has 0 spiro atoms. The molecule has 3 heterocycles. The van der Waals surface area contributed by atoms with Crippen molar-refractivity contribution in [1.82, 2.24) is 5.01 Å². The van der Waals surface area contributed by atoms with Crippen molar-refractivity contribution in [3.05, 3.63) is 0 Å². The van der Waals surface area contributed by atoms with Crippen LogP contribution in [-0.4, -0.2) is 127 Å². The summed E-state index contributed by atoms with van der Waals surface area (Å²) < 4.78 is 16.2. The molecule has 0 radical (unpaired) electrons. The summed E-state index contributed by atoms with van der Waals surface area (Å²) in [5.74, 6) is -0.455. The quantitative estimate of drug-likeness (QED) is 0.224. The Morgan fingerprint density at radius 3 is 2.17 bits per heavy atom. The fourth-order valence-electron chi connectivity index (χ4n) is 3.55. The molecule has 7 N–H and O–H groups in total. The minimum absolute atomic E-state index is 0.0251. The Morgan fingerprint density at radius 1 is 0.966 bits per heavy atom. The van der Waals surface area contributed by atoms with Crippen molar-refractivity contribution in [2.24, 2.45) is 5.10 Å². The lowest BCUT2D eigenvalue weighted by molar-refractivity contribution is -0.347. The molecular formula is C16H26N2O11. The fraction of sp³-hybridized carbons (Fsp3) is 0.875. The number of ether oxygens (including phenoxy) is 3. The lowest BCUT2D eigenvalue weighted by Gasteiger charge is -2.46. The van der Waals surface area contributed by atoms with Gasteiger partial charge in [0.25, 0.3) is 5.91 Å². The van der Waals surface area contributed by atoms with Crippen LogP contribution < -0.4 is 0 Å². The minimum atomic E-state index is -1.75. The monoisotopic (exact) mass is 422 g/mol. The lowest BCUT2D eigenvalue weighted by atomic mass is 9.96. The summed E-state index contributed by atoms with van der Waals surface area (Å²) in [7, 11) is 0. The van der Waals surface area contributed by atoms with Crippen molar-refractivity contribution in [2.75, 3.05) is 13.2 Å². The standard InChI is InChI=1S/C16H26N2O11/c1-5-2-8(21)18(17-5)15-12(25)11(24)14(7(4-20)27-15)29-16-13(26)10(23)9(22)6(3-19)28-16/h6-7,9-16,19-20,22-26H,2-4H2,1H3/t6-,7-,9+,10+,11-,12-,13-,14-,15-,16+/m1/s1. The molecule has 0 aromatic carbocycles. The van der Waals surface area contributed by atoms with Gasteiger partial charge in [-0.15, -0.1) is 0 Å². The smallest absolute Gasteiger partial charge is 0.250 e. The highest BCUT2D eigenvalue weighted by Crippen LogP contribution is 2.31. The molecule has 10 atom stereocenters. The molecule has 0 aromatic heterocycles. The molecule has 0 unspecified atom stereocenters. The maximum absolute atomic E-state index is 12.0. The van der Waals surface area contributed by atoms with Crippen LogP contribution in [-0.2, 0) is 19.0 Å². The molecule has 3 aliphatic rings. The first-order valence-corrected chi connectivity index (χ1v) is 9.14. The summed E-state index contributed by atoms with van der Waals surface area (Å²) in [5, 5.41) is 74.5. The normalized spacial score (nSPS) is 46.1. The number of carbonyl (C=O) groups excluding carboxylic acids is 1. The average Bonchev–Trinajstić information content (AvgIpc) is 3.03. The highest BCUT2D eigenvalue weighted by Gasteiger charge is 2.52. The first-order chi connectivity index (χ1) is 13.7. The van der Waals surface area contributed by atoms with Gasteiger partial charge in [-0.2, -0.15) is 5.10 Å². The van der Waals surface area contributed by atoms with Crippen molar-refractivity contribution in [3.8, 4) is 0 Å². The second-order valence-corrected chi connectivity index (χ2v) is 7.28. The third-order valence-corrected chi connectivity index (χ3v) is 5.16. The highest BCUT2D eigenvalue weighted by molar-refractivity contribution is 6.03. The number of hydrogen-bond donors (Lipinski definition) is 7. The minimum Gasteiger partial charge on any atom is -0.394 e. The van der Waals surface area contributed by atoms with Gasteiger partial charge in [0.2, 0.25) is 0 Å². The van der Waals surface area contributed by atoms with Crippen LogP contribution in [0.4, 0.5) is 0 Å². The van der Waals surface area contributed by atoms with E-state index in [1.165, 1.54) is 0 Å². The number of rotatable bonds is 5. The molecule has 0 saturated carbocycles. The van der Waals surface area contributed by atoms with E-state index in [1.54, 1.807) is 6.92 Å². The van der Waals surface area contributed by atoms with Crippen LogP contribution in [0.5, 0.6) is 0 Å². The molecule has 29 heavy (non-hydrogen) atoms. The van der Waals surface area contributed by atoms with E-state index in [2.05, 4.69) is 5.10 Å². The Hall–Kier alpha value is -1.26. The molecule has 3 rings (SSSR count). The van der Waals surface area contributed by atoms with E-state index < -0.39 is 80.5 Å². The topological polar surface area (TPSA) is 202 Å². The predicted octanol–water partition coefficient (Wildman–Crippen LogP) is -4.78. The van der Waals surface area contributed by atoms with Crippen LogP contribution in [0.2, 0.25) is 0 Å². The molecule has 1 amide bonds. The third kappa shape index (κ3) is 4.16. The number of hydrogen-bond acceptors (Lipinski definition) is 12. The van der Waals surface area contributed by atoms with Crippen molar-refractivity contribution >= 4 is 11.6 Å². The van der Waals surface area contributed by atoms with Crippen LogP contribution >= 0.6 is 0 Å². The van der Waals surface area contributed by atoms with Gasteiger partial charge < -0.3 is 50.0 Å². The van der Waals surface area contributed by atoms with Gasteiger partial charge in [-0.1, -0.05) is 0 Å². The van der Waals surface area contributed by atoms with Gasteiger partial charge >= 0.3 is 0 Å². The number of carbonyl (C=O) groups is 1. The second kappa shape index (κ2) is 8.85. The Labute approximate surface area is 165 Å². The van der Waals surface area contributed by atoms with E-state index >= 15 is 0 Å². The Bertz CT molecular complexity index is 630. The van der Waals surface area contributed by atoms with E-state index in [1.807, 2.05) is 0 Å². The van der Waals surface area contributed by atoms with Gasteiger partial charge in [0, 0.05) is 5.71 Å². The predicted molar refractivity (Wildman–Crippen MR) is 91.0 cm³/mol. The van der Waals surface area contributed by atoms with E-state index in [-0.39, 0.29) is 6.42 Å². The Morgan fingerprint density at radius 2 is 1.62 bits per heavy atom. The fourth-order valence-corrected chi connectivity index (χ4v) is 3.55.